The summed E-state index contributed by atoms with van der Waals surface area (Å²) in [5.41, 5.74) is 3.53. The standard InChI is InChI=1S/C21H19ClFN3OS/c1-13(27)26-9-8-19(16-7-6-15(23)10-14(16)11-26)24-21-25-20(12-28-21)17-4-2-3-5-18(17)22/h2-7,10,12,19H,8-9,11H2,1H3,(H,24,25). The molecule has 3 aromatic rings. The number of carbonyl (C=O) groups is 1. The van der Waals surface area contributed by atoms with Crippen molar-refractivity contribution in [2.45, 2.75) is 25.9 Å². The number of amides is 1. The van der Waals surface area contributed by atoms with Crippen LogP contribution in [0.2, 0.25) is 5.02 Å². The molecule has 1 atom stereocenters. The van der Waals surface area contributed by atoms with Gasteiger partial charge in [0.15, 0.2) is 5.13 Å². The number of rotatable bonds is 3. The number of carbonyl (C=O) groups excluding carboxylic acids is 1. The highest BCUT2D eigenvalue weighted by Crippen LogP contribution is 2.34. The summed E-state index contributed by atoms with van der Waals surface area (Å²) >= 11 is 7.78. The number of nitrogens with zero attached hydrogens (tertiary/aromatic N) is 2. The zero-order chi connectivity index (χ0) is 19.7. The van der Waals surface area contributed by atoms with Crippen molar-refractivity contribution in [1.82, 2.24) is 9.88 Å². The fraction of sp³-hybridized carbons (Fsp3) is 0.238. The second-order valence-electron chi connectivity index (χ2n) is 6.79. The zero-order valence-corrected chi connectivity index (χ0v) is 16.9. The van der Waals surface area contributed by atoms with Gasteiger partial charge in [-0.3, -0.25) is 4.79 Å². The molecule has 1 aliphatic heterocycles. The third kappa shape index (κ3) is 3.88. The lowest BCUT2D eigenvalue weighted by molar-refractivity contribution is -0.129. The first kappa shape index (κ1) is 18.9. The molecule has 28 heavy (non-hydrogen) atoms. The smallest absolute Gasteiger partial charge is 0.219 e. The van der Waals surface area contributed by atoms with Crippen LogP contribution in [0.25, 0.3) is 11.3 Å². The maximum atomic E-state index is 13.8. The first-order valence-corrected chi connectivity index (χ1v) is 10.3. The molecule has 1 aliphatic rings. The topological polar surface area (TPSA) is 45.2 Å². The van der Waals surface area contributed by atoms with E-state index in [1.165, 1.54) is 23.5 Å². The highest BCUT2D eigenvalue weighted by atomic mass is 35.5. The van der Waals surface area contributed by atoms with Gasteiger partial charge in [-0.2, -0.15) is 0 Å². The summed E-state index contributed by atoms with van der Waals surface area (Å²) in [5.74, 6) is -0.302. The van der Waals surface area contributed by atoms with E-state index in [1.54, 1.807) is 17.9 Å². The minimum absolute atomic E-state index is 0.00823. The van der Waals surface area contributed by atoms with Gasteiger partial charge < -0.3 is 10.2 Å². The largest absolute Gasteiger partial charge is 0.355 e. The Morgan fingerprint density at radius 1 is 1.32 bits per heavy atom. The van der Waals surface area contributed by atoms with Crippen molar-refractivity contribution < 1.29 is 9.18 Å². The van der Waals surface area contributed by atoms with E-state index in [0.29, 0.717) is 18.1 Å². The van der Waals surface area contributed by atoms with E-state index < -0.39 is 0 Å². The average Bonchev–Trinajstić information content (AvgIpc) is 3.04. The van der Waals surface area contributed by atoms with Crippen LogP contribution in [0.3, 0.4) is 0 Å². The molecule has 0 radical (unpaired) electrons. The molecular formula is C21H19ClFN3OS. The van der Waals surface area contributed by atoms with E-state index in [-0.39, 0.29) is 17.8 Å². The Morgan fingerprint density at radius 2 is 2.14 bits per heavy atom. The lowest BCUT2D eigenvalue weighted by atomic mass is 9.99. The van der Waals surface area contributed by atoms with E-state index in [0.717, 1.165) is 33.9 Å². The second kappa shape index (κ2) is 7.89. The first-order chi connectivity index (χ1) is 13.5. The van der Waals surface area contributed by atoms with Gasteiger partial charge in [0.2, 0.25) is 5.91 Å². The molecule has 0 fully saturated rings. The summed E-state index contributed by atoms with van der Waals surface area (Å²) < 4.78 is 13.8. The van der Waals surface area contributed by atoms with E-state index in [2.05, 4.69) is 10.3 Å². The molecule has 1 aromatic heterocycles. The van der Waals surface area contributed by atoms with Crippen molar-refractivity contribution in [2.24, 2.45) is 0 Å². The predicted molar refractivity (Wildman–Crippen MR) is 111 cm³/mol. The SMILES string of the molecule is CC(=O)N1CCC(Nc2nc(-c3ccccc3Cl)cs2)c2ccc(F)cc2C1. The molecule has 1 amide bonds. The van der Waals surface area contributed by atoms with E-state index in [9.17, 15) is 9.18 Å². The van der Waals surface area contributed by atoms with Crippen molar-refractivity contribution in [3.8, 4) is 11.3 Å². The molecule has 1 N–H and O–H groups in total. The minimum Gasteiger partial charge on any atom is -0.355 e. The Bertz CT molecular complexity index is 1020. The Kier molecular flexibility index (Phi) is 5.33. The molecule has 0 aliphatic carbocycles. The molecule has 4 rings (SSSR count). The van der Waals surface area contributed by atoms with Crippen molar-refractivity contribution >= 4 is 34.0 Å². The summed E-state index contributed by atoms with van der Waals surface area (Å²) in [6.45, 7) is 2.57. The molecule has 2 aromatic carbocycles. The van der Waals surface area contributed by atoms with Crippen LogP contribution in [0.5, 0.6) is 0 Å². The Labute approximate surface area is 172 Å². The van der Waals surface area contributed by atoms with E-state index in [4.69, 9.17) is 11.6 Å². The van der Waals surface area contributed by atoms with Gasteiger partial charge in [-0.05, 0) is 35.7 Å². The Morgan fingerprint density at radius 3 is 2.93 bits per heavy atom. The van der Waals surface area contributed by atoms with Gasteiger partial charge >= 0.3 is 0 Å². The van der Waals surface area contributed by atoms with Gasteiger partial charge in [-0.1, -0.05) is 35.9 Å². The van der Waals surface area contributed by atoms with Gasteiger partial charge in [0.25, 0.3) is 0 Å². The van der Waals surface area contributed by atoms with E-state index >= 15 is 0 Å². The Hall–Kier alpha value is -2.44. The number of halogens is 2. The second-order valence-corrected chi connectivity index (χ2v) is 8.05. The van der Waals surface area contributed by atoms with Crippen LogP contribution >= 0.6 is 22.9 Å². The highest BCUT2D eigenvalue weighted by Gasteiger charge is 2.24. The van der Waals surface area contributed by atoms with Crippen LogP contribution in [0, 0.1) is 5.82 Å². The molecule has 7 heteroatoms. The molecule has 144 valence electrons. The van der Waals surface area contributed by atoms with Gasteiger partial charge in [0, 0.05) is 36.0 Å². The lowest BCUT2D eigenvalue weighted by Crippen LogP contribution is -2.28. The van der Waals surface area contributed by atoms with Crippen molar-refractivity contribution in [1.29, 1.82) is 0 Å². The monoisotopic (exact) mass is 415 g/mol. The molecular weight excluding hydrogens is 397 g/mol. The third-order valence-electron chi connectivity index (χ3n) is 4.93. The van der Waals surface area contributed by atoms with Crippen LogP contribution in [-0.4, -0.2) is 22.3 Å². The Balaban J connectivity index is 1.62. The first-order valence-electron chi connectivity index (χ1n) is 9.02. The van der Waals surface area contributed by atoms with Crippen LogP contribution in [-0.2, 0) is 11.3 Å². The molecule has 0 bridgehead atoms. The van der Waals surface area contributed by atoms with Crippen molar-refractivity contribution in [2.75, 3.05) is 11.9 Å². The quantitative estimate of drug-likeness (QED) is 0.613. The predicted octanol–water partition coefficient (Wildman–Crippen LogP) is 5.51. The van der Waals surface area contributed by atoms with E-state index in [1.807, 2.05) is 29.6 Å². The molecule has 4 nitrogen and oxygen atoms in total. The number of hydrogen-bond donors (Lipinski definition) is 1. The van der Waals surface area contributed by atoms with Crippen LogP contribution < -0.4 is 5.32 Å². The van der Waals surface area contributed by atoms with Gasteiger partial charge in [-0.15, -0.1) is 11.3 Å². The number of fused-ring (bicyclic) bond motifs is 1. The summed E-state index contributed by atoms with van der Waals surface area (Å²) in [5, 5.41) is 6.86. The number of aromatic nitrogens is 1. The maximum absolute atomic E-state index is 13.8. The van der Waals surface area contributed by atoms with Crippen molar-refractivity contribution in [3.63, 3.8) is 0 Å². The lowest BCUT2D eigenvalue weighted by Gasteiger charge is -2.19. The van der Waals surface area contributed by atoms with Gasteiger partial charge in [0.05, 0.1) is 11.7 Å². The summed E-state index contributed by atoms with van der Waals surface area (Å²) in [7, 11) is 0. The highest BCUT2D eigenvalue weighted by molar-refractivity contribution is 7.14. The molecule has 0 saturated heterocycles. The van der Waals surface area contributed by atoms with Crippen LogP contribution in [0.4, 0.5) is 9.52 Å². The summed E-state index contributed by atoms with van der Waals surface area (Å²) in [6.07, 6.45) is 0.721. The number of anilines is 1. The number of nitrogens with one attached hydrogen (secondary N) is 1. The van der Waals surface area contributed by atoms with Crippen LogP contribution in [0.15, 0.2) is 47.8 Å². The number of benzene rings is 2. The fourth-order valence-corrected chi connectivity index (χ4v) is 4.47. The molecule has 1 unspecified atom stereocenters. The average molecular weight is 416 g/mol. The van der Waals surface area contributed by atoms with Crippen molar-refractivity contribution in [3.05, 3.63) is 69.8 Å². The molecule has 2 heterocycles. The summed E-state index contributed by atoms with van der Waals surface area (Å²) in [4.78, 5) is 18.3. The number of hydrogen-bond acceptors (Lipinski definition) is 4. The zero-order valence-electron chi connectivity index (χ0n) is 15.3. The fourth-order valence-electron chi connectivity index (χ4n) is 3.48. The maximum Gasteiger partial charge on any atom is 0.219 e. The third-order valence-corrected chi connectivity index (χ3v) is 6.03. The van der Waals surface area contributed by atoms with Crippen LogP contribution in [0.1, 0.15) is 30.5 Å². The number of thiazole rings is 1. The van der Waals surface area contributed by atoms with Gasteiger partial charge in [0.1, 0.15) is 5.82 Å². The normalized spacial score (nSPS) is 16.4. The van der Waals surface area contributed by atoms with Gasteiger partial charge in [-0.25, -0.2) is 9.37 Å². The summed E-state index contributed by atoms with van der Waals surface area (Å²) in [6, 6.07) is 12.3. The molecule has 0 spiro atoms. The molecule has 0 saturated carbocycles. The minimum atomic E-state index is -0.293.